The van der Waals surface area contributed by atoms with Crippen LogP contribution in [0.3, 0.4) is 0 Å². The zero-order valence-corrected chi connectivity index (χ0v) is 23.6. The Balaban J connectivity index is 1.51. The minimum absolute atomic E-state index is 0.0250. The summed E-state index contributed by atoms with van der Waals surface area (Å²) >= 11 is 6.17. The van der Waals surface area contributed by atoms with E-state index in [0.29, 0.717) is 18.7 Å². The minimum Gasteiger partial charge on any atom is -0.465 e. The van der Waals surface area contributed by atoms with Gasteiger partial charge in [0.2, 0.25) is 0 Å². The number of hydrogen-bond acceptors (Lipinski definition) is 7. The molecule has 4 N–H and O–H groups in total. The summed E-state index contributed by atoms with van der Waals surface area (Å²) in [5.74, 6) is -0.668. The number of aliphatic imine (C=N–C) groups is 1. The van der Waals surface area contributed by atoms with Crippen LogP contribution < -0.4 is 20.1 Å². The second-order valence-electron chi connectivity index (χ2n) is 11.2. The molecule has 5 rings (SSSR count). The first-order valence-electron chi connectivity index (χ1n) is 12.6. The van der Waals surface area contributed by atoms with E-state index in [9.17, 15) is 22.9 Å². The fourth-order valence-corrected chi connectivity index (χ4v) is 9.75. The number of rotatable bonds is 6. The molecule has 2 fully saturated rings. The van der Waals surface area contributed by atoms with E-state index in [1.54, 1.807) is 20.8 Å². The van der Waals surface area contributed by atoms with Crippen molar-refractivity contribution in [1.82, 2.24) is 20.0 Å². The lowest BCUT2D eigenvalue weighted by Gasteiger charge is -2.57. The summed E-state index contributed by atoms with van der Waals surface area (Å²) in [5.41, 5.74) is -1.29. The van der Waals surface area contributed by atoms with Crippen LogP contribution in [-0.2, 0) is 22.2 Å². The predicted octanol–water partition coefficient (Wildman–Crippen LogP) is 4.23. The van der Waals surface area contributed by atoms with Crippen LogP contribution in [0.5, 0.6) is 5.75 Å². The first-order valence-corrected chi connectivity index (χ1v) is 14.8. The number of alkyl halides is 2. The zero-order chi connectivity index (χ0) is 29.1. The van der Waals surface area contributed by atoms with E-state index in [-0.39, 0.29) is 40.1 Å². The number of carboxylic acid groups (broad SMARTS) is 1. The van der Waals surface area contributed by atoms with Gasteiger partial charge in [-0.15, -0.1) is 0 Å². The first-order chi connectivity index (χ1) is 18.7. The highest BCUT2D eigenvalue weighted by molar-refractivity contribution is 8.04. The Morgan fingerprint density at radius 2 is 2.05 bits per heavy atom. The van der Waals surface area contributed by atoms with Crippen LogP contribution in [0.25, 0.3) is 0 Å². The lowest BCUT2D eigenvalue weighted by Crippen LogP contribution is -2.71. The second kappa shape index (κ2) is 9.84. The molecule has 218 valence electrons. The van der Waals surface area contributed by atoms with E-state index in [2.05, 4.69) is 30.1 Å². The normalized spacial score (nSPS) is 26.4. The molecule has 4 heterocycles. The molecule has 0 aromatic carbocycles. The SMILES string of the molecule is CC1(C)C(NC(=O)O)=N[C@](C)(c2nc(NCc3ncc(OC(F)F)cc3Cl)ccc2F)[C@H]2CC3(CC3)CN[SH]21=O. The average Bonchev–Trinajstić information content (AvgIpc) is 3.63. The molecule has 2 atom stereocenters. The first kappa shape index (κ1) is 28.6. The lowest BCUT2D eigenvalue weighted by atomic mass is 9.84. The Bertz CT molecular complexity index is 1440. The quantitative estimate of drug-likeness (QED) is 0.312. The van der Waals surface area contributed by atoms with E-state index in [0.717, 1.165) is 19.0 Å². The van der Waals surface area contributed by atoms with Crippen LogP contribution in [0.1, 0.15) is 51.4 Å². The fourth-order valence-electron chi connectivity index (χ4n) is 5.61. The Hall–Kier alpha value is -2.97. The topological polar surface area (TPSA) is 138 Å². The number of fused-ring (bicyclic) bond motifs is 1. The van der Waals surface area contributed by atoms with Crippen LogP contribution in [-0.4, -0.2) is 54.4 Å². The summed E-state index contributed by atoms with van der Waals surface area (Å²) in [5, 5.41) is 14.2. The highest BCUT2D eigenvalue weighted by atomic mass is 35.5. The van der Waals surface area contributed by atoms with Gasteiger partial charge in [-0.2, -0.15) is 8.78 Å². The van der Waals surface area contributed by atoms with Crippen LogP contribution >= 0.6 is 11.6 Å². The number of thiol groups is 1. The number of ether oxygens (including phenoxy) is 1. The van der Waals surface area contributed by atoms with Gasteiger partial charge in [0, 0.05) is 12.6 Å². The highest BCUT2D eigenvalue weighted by Gasteiger charge is 2.64. The molecule has 15 heteroatoms. The van der Waals surface area contributed by atoms with Crippen molar-refractivity contribution in [2.24, 2.45) is 10.4 Å². The number of nitrogens with zero attached hydrogens (tertiary/aromatic N) is 3. The van der Waals surface area contributed by atoms with E-state index >= 15 is 4.39 Å². The summed E-state index contributed by atoms with van der Waals surface area (Å²) in [6.07, 6.45) is 2.17. The molecule has 2 aromatic heterocycles. The number of pyridine rings is 2. The average molecular weight is 603 g/mol. The van der Waals surface area contributed by atoms with Gasteiger partial charge in [-0.25, -0.2) is 14.2 Å². The van der Waals surface area contributed by atoms with Gasteiger partial charge in [-0.1, -0.05) is 11.6 Å². The van der Waals surface area contributed by atoms with Gasteiger partial charge in [-0.3, -0.25) is 24.2 Å². The van der Waals surface area contributed by atoms with Crippen molar-refractivity contribution >= 4 is 39.5 Å². The molecule has 1 aliphatic carbocycles. The number of aromatic nitrogens is 2. The van der Waals surface area contributed by atoms with Crippen molar-refractivity contribution in [3.63, 3.8) is 0 Å². The molecule has 40 heavy (non-hydrogen) atoms. The van der Waals surface area contributed by atoms with Crippen molar-refractivity contribution in [3.05, 3.63) is 46.6 Å². The van der Waals surface area contributed by atoms with E-state index in [1.807, 2.05) is 0 Å². The fraction of sp³-hybridized carbons (Fsp3) is 0.520. The zero-order valence-electron chi connectivity index (χ0n) is 22.0. The third kappa shape index (κ3) is 4.90. The molecule has 3 aliphatic rings. The van der Waals surface area contributed by atoms with Gasteiger partial charge in [0.05, 0.1) is 33.5 Å². The summed E-state index contributed by atoms with van der Waals surface area (Å²) in [6, 6.07) is 3.82. The molecular formula is C25H30ClF3N6O4S. The third-order valence-corrected chi connectivity index (χ3v) is 12.6. The maximum atomic E-state index is 15.5. The Morgan fingerprint density at radius 3 is 2.67 bits per heavy atom. The summed E-state index contributed by atoms with van der Waals surface area (Å²) in [6.45, 7) is 2.55. The smallest absolute Gasteiger partial charge is 0.410 e. The molecule has 0 radical (unpaired) electrons. The Kier molecular flexibility index (Phi) is 7.02. The number of hydrogen-bond donors (Lipinski definition) is 5. The number of carbonyl (C=O) groups is 1. The lowest BCUT2D eigenvalue weighted by molar-refractivity contribution is -0.0500. The monoisotopic (exact) mass is 602 g/mol. The highest BCUT2D eigenvalue weighted by Crippen LogP contribution is 2.59. The van der Waals surface area contributed by atoms with Crippen molar-refractivity contribution in [1.29, 1.82) is 0 Å². The number of nitrogens with one attached hydrogen (secondary N) is 3. The maximum Gasteiger partial charge on any atom is 0.410 e. The minimum atomic E-state index is -3.41. The Morgan fingerprint density at radius 1 is 1.32 bits per heavy atom. The van der Waals surface area contributed by atoms with Gasteiger partial charge in [0.25, 0.3) is 0 Å². The number of halogens is 4. The maximum absolute atomic E-state index is 15.5. The predicted molar refractivity (Wildman–Crippen MR) is 145 cm³/mol. The molecule has 2 aliphatic heterocycles. The molecule has 2 aromatic rings. The summed E-state index contributed by atoms with van der Waals surface area (Å²) in [4.78, 5) is 25.0. The number of anilines is 1. The van der Waals surface area contributed by atoms with Crippen molar-refractivity contribution in [2.45, 2.75) is 68.7 Å². The molecule has 1 amide bonds. The second-order valence-corrected chi connectivity index (χ2v) is 14.9. The molecule has 0 bridgehead atoms. The van der Waals surface area contributed by atoms with Crippen molar-refractivity contribution in [2.75, 3.05) is 11.9 Å². The molecule has 1 saturated heterocycles. The Labute approximate surface area is 234 Å². The van der Waals surface area contributed by atoms with Crippen LogP contribution in [0.15, 0.2) is 29.4 Å². The molecule has 0 unspecified atom stereocenters. The largest absolute Gasteiger partial charge is 0.465 e. The van der Waals surface area contributed by atoms with Crippen molar-refractivity contribution in [3.8, 4) is 5.75 Å². The van der Waals surface area contributed by atoms with Gasteiger partial charge in [-0.05, 0) is 67.7 Å². The molecule has 1 spiro atoms. The van der Waals surface area contributed by atoms with Crippen LogP contribution in [0, 0.1) is 11.2 Å². The van der Waals surface area contributed by atoms with Gasteiger partial charge >= 0.3 is 12.7 Å². The number of amidine groups is 1. The molecule has 10 nitrogen and oxygen atoms in total. The molecular weight excluding hydrogens is 573 g/mol. The summed E-state index contributed by atoms with van der Waals surface area (Å²) in [7, 11) is -3.41. The van der Waals surface area contributed by atoms with Gasteiger partial charge in [0.15, 0.2) is 0 Å². The third-order valence-electron chi connectivity index (χ3n) is 8.22. The van der Waals surface area contributed by atoms with E-state index in [4.69, 9.17) is 16.6 Å². The number of amides is 1. The van der Waals surface area contributed by atoms with E-state index < -0.39 is 44.2 Å². The molecule has 1 saturated carbocycles. The van der Waals surface area contributed by atoms with Crippen LogP contribution in [0.4, 0.5) is 23.8 Å². The van der Waals surface area contributed by atoms with E-state index in [1.165, 1.54) is 18.2 Å². The van der Waals surface area contributed by atoms with Gasteiger partial charge < -0.3 is 15.2 Å². The standard InChI is InChI=1S/C25H30ClF3N6O4S/c1-23(2)20(34-22(36)37)35-24(3,17-9-25(6-7-25)12-32-40(17,23)38)19-15(27)4-5-18(33-19)31-11-16-14(26)8-13(10-30-16)39-21(28)29/h4-5,8,10,17,21,40H,6-7,9,11-12H2,1-3H3,(H,31,33)(H,32,38)(H,34,35)(H,36,37)/t17-,24+/m1/s1. The van der Waals surface area contributed by atoms with Crippen molar-refractivity contribution < 1.29 is 32.0 Å². The summed E-state index contributed by atoms with van der Waals surface area (Å²) < 4.78 is 61.6. The van der Waals surface area contributed by atoms with Gasteiger partial charge in [0.1, 0.15) is 34.5 Å². The van der Waals surface area contributed by atoms with Crippen LogP contribution in [0.2, 0.25) is 5.02 Å².